The normalized spacial score (nSPS) is 22.1. The highest BCUT2D eigenvalue weighted by Gasteiger charge is 2.27. The van der Waals surface area contributed by atoms with Gasteiger partial charge in [-0.05, 0) is 24.9 Å². The van der Waals surface area contributed by atoms with Crippen LogP contribution in [0.5, 0.6) is 0 Å². The van der Waals surface area contributed by atoms with Crippen molar-refractivity contribution in [1.29, 1.82) is 0 Å². The molecule has 6 heteroatoms. The van der Waals surface area contributed by atoms with Crippen molar-refractivity contribution in [1.82, 2.24) is 10.2 Å². The second-order valence-electron chi connectivity index (χ2n) is 4.71. The van der Waals surface area contributed by atoms with Gasteiger partial charge in [-0.2, -0.15) is 0 Å². The van der Waals surface area contributed by atoms with Crippen LogP contribution in [-0.4, -0.2) is 55.4 Å². The maximum atomic E-state index is 12.2. The molecule has 1 amide bonds. The number of carbonyl (C=O) groups excluding carboxylic acids is 1. The number of hydrogen-bond acceptors (Lipinski definition) is 5. The van der Waals surface area contributed by atoms with E-state index in [1.165, 1.54) is 0 Å². The van der Waals surface area contributed by atoms with Crippen LogP contribution >= 0.6 is 11.3 Å². The average molecular weight is 284 g/mol. The number of nitrogens with one attached hydrogen (secondary N) is 1. The summed E-state index contributed by atoms with van der Waals surface area (Å²) in [4.78, 5) is 15.3. The molecular formula is C13H20N2O3S. The minimum absolute atomic E-state index is 0.0499. The Morgan fingerprint density at radius 2 is 2.58 bits per heavy atom. The first-order chi connectivity index (χ1) is 9.20. The van der Waals surface area contributed by atoms with Crippen molar-refractivity contribution in [3.63, 3.8) is 0 Å². The first-order valence-corrected chi connectivity index (χ1v) is 7.33. The lowest BCUT2D eigenvalue weighted by Crippen LogP contribution is -2.49. The van der Waals surface area contributed by atoms with Crippen LogP contribution in [0.3, 0.4) is 0 Å². The predicted octanol–water partition coefficient (Wildman–Crippen LogP) is 0.618. The molecule has 0 bridgehead atoms. The maximum Gasteiger partial charge on any atom is 0.250 e. The molecule has 1 aromatic heterocycles. The quantitative estimate of drug-likeness (QED) is 0.832. The Kier molecular flexibility index (Phi) is 5.33. The minimum Gasteiger partial charge on any atom is -0.396 e. The van der Waals surface area contributed by atoms with E-state index in [4.69, 9.17) is 9.84 Å². The standard InChI is InChI=1S/C13H20N2O3S/c1-15-5-7-18-11(9-15)13(17)14-10(4-6-16)12-3-2-8-19-12/h2-3,8,10-11,16H,4-7,9H2,1H3,(H,14,17)/t10-,11+/m1/s1. The molecular weight excluding hydrogens is 264 g/mol. The van der Waals surface area contributed by atoms with Crippen molar-refractivity contribution >= 4 is 17.2 Å². The Morgan fingerprint density at radius 3 is 3.21 bits per heavy atom. The van der Waals surface area contributed by atoms with Gasteiger partial charge in [-0.1, -0.05) is 6.07 Å². The number of thiophene rings is 1. The molecule has 1 aliphatic heterocycles. The molecule has 19 heavy (non-hydrogen) atoms. The van der Waals surface area contributed by atoms with E-state index in [1.807, 2.05) is 24.6 Å². The fourth-order valence-electron chi connectivity index (χ4n) is 2.11. The van der Waals surface area contributed by atoms with Crippen LogP contribution in [0.1, 0.15) is 17.3 Å². The fourth-order valence-corrected chi connectivity index (χ4v) is 2.92. The number of rotatable bonds is 5. The molecule has 0 saturated carbocycles. The van der Waals surface area contributed by atoms with Crippen LogP contribution < -0.4 is 5.32 Å². The van der Waals surface area contributed by atoms with Crippen LogP contribution in [0.2, 0.25) is 0 Å². The molecule has 1 saturated heterocycles. The van der Waals surface area contributed by atoms with Crippen molar-refractivity contribution in [2.24, 2.45) is 0 Å². The summed E-state index contributed by atoms with van der Waals surface area (Å²) < 4.78 is 5.49. The first-order valence-electron chi connectivity index (χ1n) is 6.45. The Hall–Kier alpha value is -0.950. The smallest absolute Gasteiger partial charge is 0.250 e. The molecule has 1 aromatic rings. The third-order valence-corrected chi connectivity index (χ3v) is 4.17. The lowest BCUT2D eigenvalue weighted by Gasteiger charge is -2.30. The highest BCUT2D eigenvalue weighted by molar-refractivity contribution is 7.10. The summed E-state index contributed by atoms with van der Waals surface area (Å²) in [6, 6.07) is 3.79. The number of hydrogen-bond donors (Lipinski definition) is 2. The van der Waals surface area contributed by atoms with Gasteiger partial charge in [-0.3, -0.25) is 4.79 Å². The van der Waals surface area contributed by atoms with Gasteiger partial charge in [0.25, 0.3) is 5.91 Å². The summed E-state index contributed by atoms with van der Waals surface area (Å²) >= 11 is 1.58. The Morgan fingerprint density at radius 1 is 1.74 bits per heavy atom. The minimum atomic E-state index is -0.417. The van der Waals surface area contributed by atoms with Crippen LogP contribution in [0.4, 0.5) is 0 Å². The van der Waals surface area contributed by atoms with E-state index in [9.17, 15) is 4.79 Å². The van der Waals surface area contributed by atoms with E-state index in [0.29, 0.717) is 19.6 Å². The van der Waals surface area contributed by atoms with Gasteiger partial charge in [-0.15, -0.1) is 11.3 Å². The number of aliphatic hydroxyl groups excluding tert-OH is 1. The van der Waals surface area contributed by atoms with Gasteiger partial charge in [-0.25, -0.2) is 0 Å². The molecule has 2 rings (SSSR count). The lowest BCUT2D eigenvalue weighted by atomic mass is 10.1. The highest BCUT2D eigenvalue weighted by atomic mass is 32.1. The first kappa shape index (κ1) is 14.5. The summed E-state index contributed by atoms with van der Waals surface area (Å²) in [7, 11) is 1.98. The van der Waals surface area contributed by atoms with Crippen molar-refractivity contribution < 1.29 is 14.6 Å². The van der Waals surface area contributed by atoms with Crippen molar-refractivity contribution in [2.75, 3.05) is 33.4 Å². The third kappa shape index (κ3) is 4.01. The molecule has 0 aromatic carbocycles. The molecule has 0 aliphatic carbocycles. The number of morpholine rings is 1. The third-order valence-electron chi connectivity index (χ3n) is 3.18. The fraction of sp³-hybridized carbons (Fsp3) is 0.615. The van der Waals surface area contributed by atoms with Crippen LogP contribution in [0.25, 0.3) is 0 Å². The molecule has 2 heterocycles. The predicted molar refractivity (Wildman–Crippen MR) is 74.1 cm³/mol. The molecule has 0 spiro atoms. The van der Waals surface area contributed by atoms with Crippen LogP contribution in [0, 0.1) is 0 Å². The summed E-state index contributed by atoms with van der Waals surface area (Å²) in [6.45, 7) is 2.10. The van der Waals surface area contributed by atoms with E-state index < -0.39 is 6.10 Å². The van der Waals surface area contributed by atoms with Gasteiger partial charge in [0.2, 0.25) is 0 Å². The number of ether oxygens (including phenoxy) is 1. The summed E-state index contributed by atoms with van der Waals surface area (Å²) in [5, 5.41) is 14.1. The molecule has 0 unspecified atom stereocenters. The van der Waals surface area contributed by atoms with Gasteiger partial charge in [0.1, 0.15) is 6.10 Å². The van der Waals surface area contributed by atoms with Gasteiger partial charge in [0.05, 0.1) is 12.6 Å². The summed E-state index contributed by atoms with van der Waals surface area (Å²) in [5.41, 5.74) is 0. The maximum absolute atomic E-state index is 12.2. The van der Waals surface area contributed by atoms with Crippen molar-refractivity contribution in [3.05, 3.63) is 22.4 Å². The molecule has 2 N–H and O–H groups in total. The van der Waals surface area contributed by atoms with Crippen LogP contribution in [-0.2, 0) is 9.53 Å². The zero-order valence-electron chi connectivity index (χ0n) is 11.0. The highest BCUT2D eigenvalue weighted by Crippen LogP contribution is 2.22. The van der Waals surface area contributed by atoms with Gasteiger partial charge < -0.3 is 20.1 Å². The van der Waals surface area contributed by atoms with Gasteiger partial charge >= 0.3 is 0 Å². The summed E-state index contributed by atoms with van der Waals surface area (Å²) in [6.07, 6.45) is 0.106. The topological polar surface area (TPSA) is 61.8 Å². The second-order valence-corrected chi connectivity index (χ2v) is 5.69. The number of nitrogens with zero attached hydrogens (tertiary/aromatic N) is 1. The zero-order valence-corrected chi connectivity index (χ0v) is 11.9. The molecule has 2 atom stereocenters. The number of likely N-dealkylation sites (N-methyl/N-ethyl adjacent to an activating group) is 1. The molecule has 106 valence electrons. The van der Waals surface area contributed by atoms with Gasteiger partial charge in [0, 0.05) is 24.6 Å². The molecule has 1 fully saturated rings. The largest absolute Gasteiger partial charge is 0.396 e. The second kappa shape index (κ2) is 7.00. The monoisotopic (exact) mass is 284 g/mol. The zero-order chi connectivity index (χ0) is 13.7. The Labute approximate surface area is 117 Å². The van der Waals surface area contributed by atoms with E-state index in [0.717, 1.165) is 11.4 Å². The molecule has 1 aliphatic rings. The van der Waals surface area contributed by atoms with Crippen LogP contribution in [0.15, 0.2) is 17.5 Å². The SMILES string of the molecule is CN1CCO[C@H](C(=O)N[C@H](CCO)c2cccs2)C1. The van der Waals surface area contributed by atoms with E-state index in [1.54, 1.807) is 11.3 Å². The Bertz CT molecular complexity index is 397. The number of carbonyl (C=O) groups is 1. The van der Waals surface area contributed by atoms with Crippen molar-refractivity contribution in [2.45, 2.75) is 18.6 Å². The molecule has 0 radical (unpaired) electrons. The summed E-state index contributed by atoms with van der Waals surface area (Å²) in [5.74, 6) is -0.0987. The van der Waals surface area contributed by atoms with E-state index >= 15 is 0 Å². The van der Waals surface area contributed by atoms with Crippen molar-refractivity contribution in [3.8, 4) is 0 Å². The van der Waals surface area contributed by atoms with E-state index in [2.05, 4.69) is 10.2 Å². The Balaban J connectivity index is 1.95. The average Bonchev–Trinajstić information content (AvgIpc) is 2.92. The number of aliphatic hydroxyl groups is 1. The number of amides is 1. The lowest BCUT2D eigenvalue weighted by molar-refractivity contribution is -0.138. The van der Waals surface area contributed by atoms with E-state index in [-0.39, 0.29) is 18.6 Å². The van der Waals surface area contributed by atoms with Gasteiger partial charge in [0.15, 0.2) is 0 Å². The molecule has 5 nitrogen and oxygen atoms in total.